The largest absolute Gasteiger partial charge is 0.366 e. The second-order valence-corrected chi connectivity index (χ2v) is 5.66. The van der Waals surface area contributed by atoms with E-state index in [9.17, 15) is 4.39 Å². The molecule has 3 unspecified atom stereocenters. The maximum absolute atomic E-state index is 14.2. The molecule has 0 spiro atoms. The predicted octanol–water partition coefficient (Wildman–Crippen LogP) is 3.16. The first-order valence-electron chi connectivity index (χ1n) is 6.78. The Morgan fingerprint density at radius 1 is 1.33 bits per heavy atom. The van der Waals surface area contributed by atoms with Crippen LogP contribution in [0.15, 0.2) is 18.2 Å². The molecule has 0 radical (unpaired) electrons. The summed E-state index contributed by atoms with van der Waals surface area (Å²) in [6.45, 7) is 7.97. The first-order valence-corrected chi connectivity index (χ1v) is 6.78. The van der Waals surface area contributed by atoms with Crippen molar-refractivity contribution in [3.8, 4) is 0 Å². The average molecular weight is 250 g/mol. The van der Waals surface area contributed by atoms with E-state index in [1.807, 2.05) is 6.07 Å². The Morgan fingerprint density at radius 3 is 2.72 bits per heavy atom. The number of nitrogens with two attached hydrogens (primary N) is 1. The summed E-state index contributed by atoms with van der Waals surface area (Å²) in [5.41, 5.74) is 7.37. The highest BCUT2D eigenvalue weighted by Crippen LogP contribution is 2.34. The van der Waals surface area contributed by atoms with Gasteiger partial charge in [-0.2, -0.15) is 0 Å². The second-order valence-electron chi connectivity index (χ2n) is 5.66. The molecule has 3 atom stereocenters. The molecule has 1 fully saturated rings. The van der Waals surface area contributed by atoms with Crippen molar-refractivity contribution in [3.05, 3.63) is 29.6 Å². The number of anilines is 1. The predicted molar refractivity (Wildman–Crippen MR) is 74.0 cm³/mol. The lowest BCUT2D eigenvalue weighted by atomic mass is 9.85. The van der Waals surface area contributed by atoms with Gasteiger partial charge in [0.1, 0.15) is 5.82 Å². The third-order valence-electron chi connectivity index (χ3n) is 4.18. The zero-order valence-corrected chi connectivity index (χ0v) is 11.5. The monoisotopic (exact) mass is 250 g/mol. The van der Waals surface area contributed by atoms with Gasteiger partial charge in [-0.05, 0) is 36.8 Å². The van der Waals surface area contributed by atoms with Gasteiger partial charge in [-0.25, -0.2) is 4.39 Å². The van der Waals surface area contributed by atoms with Crippen molar-refractivity contribution in [3.63, 3.8) is 0 Å². The molecule has 1 aliphatic heterocycles. The molecular weight excluding hydrogens is 227 g/mol. The van der Waals surface area contributed by atoms with Crippen LogP contribution < -0.4 is 10.6 Å². The number of benzene rings is 1. The molecule has 2 N–H and O–H groups in total. The Balaban J connectivity index is 2.40. The molecule has 0 amide bonds. The zero-order chi connectivity index (χ0) is 13.3. The van der Waals surface area contributed by atoms with Gasteiger partial charge in [0.15, 0.2) is 0 Å². The molecule has 1 aromatic rings. The topological polar surface area (TPSA) is 29.3 Å². The summed E-state index contributed by atoms with van der Waals surface area (Å²) >= 11 is 0. The van der Waals surface area contributed by atoms with Crippen LogP contribution in [-0.2, 0) is 6.54 Å². The van der Waals surface area contributed by atoms with E-state index < -0.39 is 0 Å². The number of halogens is 1. The van der Waals surface area contributed by atoms with E-state index in [1.165, 1.54) is 12.5 Å². The molecule has 0 bridgehead atoms. The van der Waals surface area contributed by atoms with Crippen molar-refractivity contribution in [2.75, 3.05) is 11.4 Å². The summed E-state index contributed by atoms with van der Waals surface area (Å²) in [7, 11) is 0. The zero-order valence-electron chi connectivity index (χ0n) is 11.5. The van der Waals surface area contributed by atoms with Gasteiger partial charge in [0.25, 0.3) is 0 Å². The molecule has 1 aromatic carbocycles. The molecule has 1 aliphatic rings. The molecule has 0 aromatic heterocycles. The summed E-state index contributed by atoms with van der Waals surface area (Å²) in [5, 5.41) is 0. The van der Waals surface area contributed by atoms with Gasteiger partial charge in [-0.15, -0.1) is 0 Å². The number of hydrogen-bond acceptors (Lipinski definition) is 2. The molecule has 0 saturated carbocycles. The van der Waals surface area contributed by atoms with Crippen LogP contribution in [-0.4, -0.2) is 12.6 Å². The van der Waals surface area contributed by atoms with Crippen LogP contribution in [0.3, 0.4) is 0 Å². The fourth-order valence-electron chi connectivity index (χ4n) is 3.06. The molecule has 1 saturated heterocycles. The summed E-state index contributed by atoms with van der Waals surface area (Å²) in [6, 6.07) is 5.56. The van der Waals surface area contributed by atoms with Crippen molar-refractivity contribution in [1.29, 1.82) is 0 Å². The minimum absolute atomic E-state index is 0.147. The average Bonchev–Trinajstić information content (AvgIpc) is 2.33. The standard InChI is InChI=1S/C15H23FN2/c1-10-7-11(2)12(3)18(9-10)15-13(8-17)5-4-6-14(15)16/h4-6,10-12H,7-9,17H2,1-3H3. The van der Waals surface area contributed by atoms with Gasteiger partial charge < -0.3 is 10.6 Å². The lowest BCUT2D eigenvalue weighted by molar-refractivity contribution is 0.294. The smallest absolute Gasteiger partial charge is 0.146 e. The van der Waals surface area contributed by atoms with Crippen LogP contribution in [0.25, 0.3) is 0 Å². The molecule has 2 rings (SSSR count). The lowest BCUT2D eigenvalue weighted by Crippen LogP contribution is -2.46. The third kappa shape index (κ3) is 2.37. The van der Waals surface area contributed by atoms with Crippen LogP contribution in [0, 0.1) is 17.7 Å². The van der Waals surface area contributed by atoms with E-state index in [1.54, 1.807) is 6.07 Å². The first-order chi connectivity index (χ1) is 8.54. The van der Waals surface area contributed by atoms with Crippen molar-refractivity contribution >= 4 is 5.69 Å². The normalized spacial score (nSPS) is 28.5. The van der Waals surface area contributed by atoms with Gasteiger partial charge in [-0.1, -0.05) is 26.0 Å². The Bertz CT molecular complexity index is 419. The fraction of sp³-hybridized carbons (Fsp3) is 0.600. The van der Waals surface area contributed by atoms with Gasteiger partial charge >= 0.3 is 0 Å². The van der Waals surface area contributed by atoms with E-state index in [-0.39, 0.29) is 5.82 Å². The Hall–Kier alpha value is -1.09. The van der Waals surface area contributed by atoms with Gasteiger partial charge in [0.05, 0.1) is 5.69 Å². The lowest BCUT2D eigenvalue weighted by Gasteiger charge is -2.43. The number of para-hydroxylation sites is 1. The minimum atomic E-state index is -0.147. The van der Waals surface area contributed by atoms with Gasteiger partial charge in [0, 0.05) is 19.1 Å². The summed E-state index contributed by atoms with van der Waals surface area (Å²) in [4.78, 5) is 2.20. The Labute approximate surface area is 109 Å². The van der Waals surface area contributed by atoms with Crippen LogP contribution >= 0.6 is 0 Å². The first kappa shape index (κ1) is 13.3. The molecule has 100 valence electrons. The van der Waals surface area contributed by atoms with E-state index in [4.69, 9.17) is 5.73 Å². The third-order valence-corrected chi connectivity index (χ3v) is 4.18. The number of rotatable bonds is 2. The number of hydrogen-bond donors (Lipinski definition) is 1. The van der Waals surface area contributed by atoms with E-state index in [0.29, 0.717) is 30.1 Å². The highest BCUT2D eigenvalue weighted by atomic mass is 19.1. The molecule has 2 nitrogen and oxygen atoms in total. The van der Waals surface area contributed by atoms with Crippen LogP contribution in [0.2, 0.25) is 0 Å². The number of nitrogens with zero attached hydrogens (tertiary/aromatic N) is 1. The van der Waals surface area contributed by atoms with Gasteiger partial charge in [0.2, 0.25) is 0 Å². The molecule has 0 aliphatic carbocycles. The van der Waals surface area contributed by atoms with E-state index in [2.05, 4.69) is 25.7 Å². The molecule has 3 heteroatoms. The van der Waals surface area contributed by atoms with Crippen LogP contribution in [0.5, 0.6) is 0 Å². The molecular formula is C15H23FN2. The summed E-state index contributed by atoms with van der Waals surface area (Å²) in [5.74, 6) is 1.03. The van der Waals surface area contributed by atoms with Crippen molar-refractivity contribution in [2.24, 2.45) is 17.6 Å². The quantitative estimate of drug-likeness (QED) is 0.873. The van der Waals surface area contributed by atoms with Crippen LogP contribution in [0.1, 0.15) is 32.8 Å². The summed E-state index contributed by atoms with van der Waals surface area (Å²) in [6.07, 6.45) is 1.21. The van der Waals surface area contributed by atoms with Crippen molar-refractivity contribution < 1.29 is 4.39 Å². The fourth-order valence-corrected chi connectivity index (χ4v) is 3.06. The van der Waals surface area contributed by atoms with Crippen LogP contribution in [0.4, 0.5) is 10.1 Å². The van der Waals surface area contributed by atoms with E-state index in [0.717, 1.165) is 12.1 Å². The van der Waals surface area contributed by atoms with E-state index >= 15 is 0 Å². The Morgan fingerprint density at radius 2 is 2.06 bits per heavy atom. The highest BCUT2D eigenvalue weighted by molar-refractivity contribution is 5.56. The van der Waals surface area contributed by atoms with Gasteiger partial charge in [-0.3, -0.25) is 0 Å². The number of piperidine rings is 1. The summed E-state index contributed by atoms with van der Waals surface area (Å²) < 4.78 is 14.2. The Kier molecular flexibility index (Phi) is 3.91. The van der Waals surface area contributed by atoms with Crippen molar-refractivity contribution in [2.45, 2.75) is 39.8 Å². The maximum atomic E-state index is 14.2. The highest BCUT2D eigenvalue weighted by Gasteiger charge is 2.31. The van der Waals surface area contributed by atoms with Crippen molar-refractivity contribution in [1.82, 2.24) is 0 Å². The molecule has 1 heterocycles. The molecule has 18 heavy (non-hydrogen) atoms. The second kappa shape index (κ2) is 5.27. The SMILES string of the molecule is CC1CC(C)C(C)N(c2c(F)cccc2CN)C1. The maximum Gasteiger partial charge on any atom is 0.146 e. The minimum Gasteiger partial charge on any atom is -0.366 e.